The van der Waals surface area contributed by atoms with Crippen molar-refractivity contribution in [2.45, 2.75) is 11.8 Å². The van der Waals surface area contributed by atoms with Crippen LogP contribution in [0.2, 0.25) is 5.02 Å². The summed E-state index contributed by atoms with van der Waals surface area (Å²) in [7, 11) is -4.02. The Morgan fingerprint density at radius 2 is 1.84 bits per heavy atom. The summed E-state index contributed by atoms with van der Waals surface area (Å²) in [6.07, 6.45) is 1.59. The Morgan fingerprint density at radius 1 is 1.03 bits per heavy atom. The molecule has 0 spiro atoms. The van der Waals surface area contributed by atoms with Gasteiger partial charge in [-0.1, -0.05) is 45.7 Å². The van der Waals surface area contributed by atoms with E-state index < -0.39 is 15.9 Å². The van der Waals surface area contributed by atoms with Gasteiger partial charge < -0.3 is 5.32 Å². The maximum Gasteiger partial charge on any atom is 0.261 e. The minimum Gasteiger partial charge on any atom is -0.322 e. The van der Waals surface area contributed by atoms with Crippen LogP contribution < -0.4 is 10.0 Å². The van der Waals surface area contributed by atoms with Crippen molar-refractivity contribution < 1.29 is 13.2 Å². The van der Waals surface area contributed by atoms with Gasteiger partial charge in [0.15, 0.2) is 0 Å². The molecule has 2 N–H and O–H groups in total. The zero-order valence-corrected chi connectivity index (χ0v) is 19.9. The number of nitrogens with one attached hydrogen (secondary N) is 2. The third-order valence-electron chi connectivity index (χ3n) is 4.68. The number of pyridine rings is 1. The molecule has 0 fully saturated rings. The first-order valence-corrected chi connectivity index (χ1v) is 12.1. The molecule has 0 aliphatic heterocycles. The molecule has 0 saturated heterocycles. The van der Waals surface area contributed by atoms with E-state index in [2.05, 4.69) is 31.0 Å². The number of aryl methyl sites for hydroxylation is 1. The lowest BCUT2D eigenvalue weighted by Crippen LogP contribution is -2.16. The molecule has 0 radical (unpaired) electrons. The Kier molecular flexibility index (Phi) is 6.19. The Hall–Kier alpha value is -2.94. The van der Waals surface area contributed by atoms with E-state index in [4.69, 9.17) is 11.6 Å². The SMILES string of the molecule is Cc1cccc(NC(=O)c2cc(S(=O)(=O)Nc3cc(Br)cc4cccnc34)ccc2Cl)c1. The van der Waals surface area contributed by atoms with Gasteiger partial charge in [0.05, 0.1) is 26.7 Å². The summed E-state index contributed by atoms with van der Waals surface area (Å²) in [4.78, 5) is 17.0. The number of sulfonamides is 1. The van der Waals surface area contributed by atoms with E-state index in [1.165, 1.54) is 18.2 Å². The molecule has 1 heterocycles. The molecule has 0 aliphatic carbocycles. The van der Waals surface area contributed by atoms with E-state index in [9.17, 15) is 13.2 Å². The molecule has 4 aromatic rings. The van der Waals surface area contributed by atoms with Gasteiger partial charge in [0.2, 0.25) is 0 Å². The van der Waals surface area contributed by atoms with Crippen molar-refractivity contribution in [3.8, 4) is 0 Å². The van der Waals surface area contributed by atoms with E-state index >= 15 is 0 Å². The summed E-state index contributed by atoms with van der Waals surface area (Å²) in [6.45, 7) is 1.90. The number of hydrogen-bond donors (Lipinski definition) is 2. The third-order valence-corrected chi connectivity index (χ3v) is 6.83. The first-order chi connectivity index (χ1) is 15.2. The summed E-state index contributed by atoms with van der Waals surface area (Å²) in [5.41, 5.74) is 2.43. The molecule has 9 heteroatoms. The lowest BCUT2D eigenvalue weighted by atomic mass is 10.2. The fourth-order valence-electron chi connectivity index (χ4n) is 3.20. The van der Waals surface area contributed by atoms with Crippen molar-refractivity contribution in [3.63, 3.8) is 0 Å². The van der Waals surface area contributed by atoms with Gasteiger partial charge in [-0.25, -0.2) is 8.42 Å². The zero-order valence-electron chi connectivity index (χ0n) is 16.8. The highest BCUT2D eigenvalue weighted by Crippen LogP contribution is 2.29. The van der Waals surface area contributed by atoms with Gasteiger partial charge in [-0.3, -0.25) is 14.5 Å². The molecule has 6 nitrogen and oxygen atoms in total. The van der Waals surface area contributed by atoms with Crippen molar-refractivity contribution in [1.82, 2.24) is 4.98 Å². The Balaban J connectivity index is 1.67. The van der Waals surface area contributed by atoms with Gasteiger partial charge in [0, 0.05) is 21.7 Å². The molecular formula is C23H17BrClN3O3S. The second kappa shape index (κ2) is 8.90. The maximum atomic E-state index is 13.1. The van der Waals surface area contributed by atoms with Crippen molar-refractivity contribution in [3.05, 3.63) is 93.5 Å². The highest BCUT2D eigenvalue weighted by atomic mass is 79.9. The number of rotatable bonds is 5. The average molecular weight is 531 g/mol. The van der Waals surface area contributed by atoms with Crippen LogP contribution in [0, 0.1) is 6.92 Å². The zero-order chi connectivity index (χ0) is 22.9. The Bertz CT molecular complexity index is 1460. The fraction of sp³-hybridized carbons (Fsp3) is 0.0435. The van der Waals surface area contributed by atoms with Crippen LogP contribution in [-0.2, 0) is 10.0 Å². The van der Waals surface area contributed by atoms with Crippen LogP contribution in [-0.4, -0.2) is 19.3 Å². The predicted octanol–water partition coefficient (Wildman–Crippen LogP) is 6.01. The normalized spacial score (nSPS) is 11.3. The average Bonchev–Trinajstić information content (AvgIpc) is 2.73. The standard InChI is InChI=1S/C23H17BrClN3O3S/c1-14-4-2-6-17(10-14)27-23(29)19-13-18(7-8-20(19)25)32(30,31)28-21-12-16(24)11-15-5-3-9-26-22(15)21/h2-13,28H,1H3,(H,27,29). The summed E-state index contributed by atoms with van der Waals surface area (Å²) in [5.74, 6) is -0.507. The van der Waals surface area contributed by atoms with Crippen LogP contribution in [0.25, 0.3) is 10.9 Å². The van der Waals surface area contributed by atoms with Gasteiger partial charge in [-0.05, 0) is 61.0 Å². The summed E-state index contributed by atoms with van der Waals surface area (Å²) >= 11 is 9.60. The number of fused-ring (bicyclic) bond motifs is 1. The monoisotopic (exact) mass is 529 g/mol. The van der Waals surface area contributed by atoms with Gasteiger partial charge in [0.25, 0.3) is 15.9 Å². The van der Waals surface area contributed by atoms with Crippen LogP contribution in [0.15, 0.2) is 82.3 Å². The number of halogens is 2. The van der Waals surface area contributed by atoms with E-state index in [0.717, 1.165) is 10.9 Å². The number of aromatic nitrogens is 1. The molecule has 0 aliphatic rings. The van der Waals surface area contributed by atoms with Crippen molar-refractivity contribution in [1.29, 1.82) is 0 Å². The molecule has 32 heavy (non-hydrogen) atoms. The number of hydrogen-bond acceptors (Lipinski definition) is 4. The Labute approximate surface area is 198 Å². The van der Waals surface area contributed by atoms with Crippen LogP contribution in [0.3, 0.4) is 0 Å². The maximum absolute atomic E-state index is 13.1. The highest BCUT2D eigenvalue weighted by molar-refractivity contribution is 9.10. The van der Waals surface area contributed by atoms with Gasteiger partial charge in [0.1, 0.15) is 0 Å². The van der Waals surface area contributed by atoms with E-state index in [1.54, 1.807) is 30.5 Å². The van der Waals surface area contributed by atoms with Gasteiger partial charge >= 0.3 is 0 Å². The quantitative estimate of drug-likeness (QED) is 0.331. The number of anilines is 2. The van der Waals surface area contributed by atoms with Crippen molar-refractivity contribution in [2.75, 3.05) is 10.0 Å². The van der Waals surface area contributed by atoms with E-state index in [-0.39, 0.29) is 15.5 Å². The molecular weight excluding hydrogens is 514 g/mol. The fourth-order valence-corrected chi connectivity index (χ4v) is 4.97. The van der Waals surface area contributed by atoms with E-state index in [1.807, 2.05) is 31.2 Å². The third kappa shape index (κ3) is 4.77. The van der Waals surface area contributed by atoms with E-state index in [0.29, 0.717) is 21.4 Å². The summed E-state index contributed by atoms with van der Waals surface area (Å²) in [5, 5.41) is 3.66. The summed E-state index contributed by atoms with van der Waals surface area (Å²) < 4.78 is 29.5. The molecule has 0 saturated carbocycles. The Morgan fingerprint density at radius 3 is 2.62 bits per heavy atom. The van der Waals surface area contributed by atoms with Crippen LogP contribution in [0.5, 0.6) is 0 Å². The lowest BCUT2D eigenvalue weighted by Gasteiger charge is -2.13. The van der Waals surface area contributed by atoms with Crippen LogP contribution >= 0.6 is 27.5 Å². The largest absolute Gasteiger partial charge is 0.322 e. The highest BCUT2D eigenvalue weighted by Gasteiger charge is 2.20. The molecule has 1 amide bonds. The lowest BCUT2D eigenvalue weighted by molar-refractivity contribution is 0.102. The number of amides is 1. The smallest absolute Gasteiger partial charge is 0.261 e. The van der Waals surface area contributed by atoms with Crippen LogP contribution in [0.4, 0.5) is 11.4 Å². The van der Waals surface area contributed by atoms with Crippen molar-refractivity contribution in [2.24, 2.45) is 0 Å². The van der Waals surface area contributed by atoms with Crippen LogP contribution in [0.1, 0.15) is 15.9 Å². The molecule has 0 unspecified atom stereocenters. The minimum absolute atomic E-state index is 0.0493. The van der Waals surface area contributed by atoms with Gasteiger partial charge in [-0.2, -0.15) is 0 Å². The first-order valence-electron chi connectivity index (χ1n) is 9.47. The first kappa shape index (κ1) is 22.3. The molecule has 3 aromatic carbocycles. The topological polar surface area (TPSA) is 88.2 Å². The van der Waals surface area contributed by atoms with Gasteiger partial charge in [-0.15, -0.1) is 0 Å². The minimum atomic E-state index is -4.02. The van der Waals surface area contributed by atoms with Crippen molar-refractivity contribution >= 4 is 65.7 Å². The molecule has 162 valence electrons. The second-order valence-electron chi connectivity index (χ2n) is 7.10. The number of carbonyl (C=O) groups excluding carboxylic acids is 1. The molecule has 1 aromatic heterocycles. The number of nitrogens with zero attached hydrogens (tertiary/aromatic N) is 1. The molecule has 0 atom stereocenters. The number of carbonyl (C=O) groups is 1. The molecule has 0 bridgehead atoms. The predicted molar refractivity (Wildman–Crippen MR) is 131 cm³/mol. The summed E-state index contributed by atoms with van der Waals surface area (Å²) in [6, 6.07) is 18.3. The number of benzene rings is 3. The second-order valence-corrected chi connectivity index (χ2v) is 10.1. The molecule has 4 rings (SSSR count).